The number of pyridine rings is 2. The average molecular weight is 590 g/mol. The third kappa shape index (κ3) is 5.27. The fourth-order valence-electron chi connectivity index (χ4n) is 4.81. The molecule has 0 radical (unpaired) electrons. The summed E-state index contributed by atoms with van der Waals surface area (Å²) in [5.41, 5.74) is 1.20. The van der Waals surface area contributed by atoms with Crippen molar-refractivity contribution in [1.82, 2.24) is 14.1 Å². The molecule has 0 aliphatic rings. The maximum Gasteiger partial charge on any atom is 0.355 e. The largest absolute Gasteiger partial charge is 0.464 e. The minimum atomic E-state index is -0.757. The van der Waals surface area contributed by atoms with Crippen LogP contribution in [-0.4, -0.2) is 33.2 Å². The summed E-state index contributed by atoms with van der Waals surface area (Å²) in [6.45, 7) is 6.47. The first-order valence-corrected chi connectivity index (χ1v) is 13.6. The van der Waals surface area contributed by atoms with Crippen LogP contribution in [0.3, 0.4) is 0 Å². The van der Waals surface area contributed by atoms with Crippen LogP contribution in [-0.2, 0) is 27.5 Å². The Balaban J connectivity index is 1.74. The molecule has 5 aromatic rings. The van der Waals surface area contributed by atoms with Gasteiger partial charge < -0.3 is 14.0 Å². The van der Waals surface area contributed by atoms with Gasteiger partial charge >= 0.3 is 11.9 Å². The molecule has 0 aliphatic heterocycles. The van der Waals surface area contributed by atoms with Gasteiger partial charge in [-0.15, -0.1) is 0 Å². The molecule has 3 aromatic heterocycles. The van der Waals surface area contributed by atoms with Crippen LogP contribution in [0.2, 0.25) is 5.15 Å². The second-order valence-electron chi connectivity index (χ2n) is 11.1. The number of aromatic nitrogens is 3. The smallest absolute Gasteiger partial charge is 0.355 e. The third-order valence-corrected chi connectivity index (χ3v) is 7.36. The summed E-state index contributed by atoms with van der Waals surface area (Å²) in [5.74, 6) is -1.68. The van der Waals surface area contributed by atoms with E-state index >= 15 is 4.39 Å². The van der Waals surface area contributed by atoms with Crippen LogP contribution in [0.1, 0.15) is 42.4 Å². The molecule has 3 heterocycles. The second kappa shape index (κ2) is 11.1. The van der Waals surface area contributed by atoms with Crippen LogP contribution in [0, 0.1) is 18.2 Å². The number of hydrogen-bond donors (Lipinski definition) is 0. The molecule has 0 amide bonds. The number of methoxy groups -OCH3 is 1. The van der Waals surface area contributed by atoms with Gasteiger partial charge in [-0.05, 0) is 69.7 Å². The SMILES string of the molecule is COC(=O)c1c(-c2cccn(COC(=O)C(C)(C)C)c2=O)c2cc(C)c(F)cc2n1Cc1cc2ccccc2nc1Cl. The molecule has 0 saturated heterocycles. The van der Waals surface area contributed by atoms with Gasteiger partial charge in [0.15, 0.2) is 6.73 Å². The number of aryl methyl sites for hydroxylation is 1. The van der Waals surface area contributed by atoms with Crippen LogP contribution in [0.15, 0.2) is 65.6 Å². The number of benzene rings is 2. The zero-order valence-electron chi connectivity index (χ0n) is 23.8. The van der Waals surface area contributed by atoms with Crippen LogP contribution in [0.5, 0.6) is 0 Å². The van der Waals surface area contributed by atoms with E-state index in [1.54, 1.807) is 50.5 Å². The quantitative estimate of drug-likeness (QED) is 0.166. The van der Waals surface area contributed by atoms with Gasteiger partial charge in [0.1, 0.15) is 16.7 Å². The third-order valence-electron chi connectivity index (χ3n) is 7.04. The van der Waals surface area contributed by atoms with Crippen molar-refractivity contribution in [3.05, 3.63) is 98.9 Å². The molecule has 2 aromatic carbocycles. The van der Waals surface area contributed by atoms with Crippen molar-refractivity contribution in [2.75, 3.05) is 7.11 Å². The first-order valence-electron chi connectivity index (χ1n) is 13.2. The highest BCUT2D eigenvalue weighted by Crippen LogP contribution is 2.37. The molecule has 0 bridgehead atoms. The fraction of sp³-hybridized carbons (Fsp3) is 0.250. The summed E-state index contributed by atoms with van der Waals surface area (Å²) in [4.78, 5) is 44.0. The molecule has 216 valence electrons. The van der Waals surface area contributed by atoms with Crippen molar-refractivity contribution >= 4 is 45.3 Å². The second-order valence-corrected chi connectivity index (χ2v) is 11.4. The van der Waals surface area contributed by atoms with Gasteiger partial charge in [0, 0.05) is 28.1 Å². The van der Waals surface area contributed by atoms with Crippen molar-refractivity contribution in [3.8, 4) is 11.1 Å². The molecule has 0 unspecified atom stereocenters. The summed E-state index contributed by atoms with van der Waals surface area (Å²) in [6, 6.07) is 15.4. The number of nitrogens with zero attached hydrogens (tertiary/aromatic N) is 3. The van der Waals surface area contributed by atoms with Gasteiger partial charge in [-0.1, -0.05) is 29.8 Å². The van der Waals surface area contributed by atoms with Crippen molar-refractivity contribution in [1.29, 1.82) is 0 Å². The fourth-order valence-corrected chi connectivity index (χ4v) is 5.02. The molecule has 0 atom stereocenters. The van der Waals surface area contributed by atoms with E-state index in [4.69, 9.17) is 21.1 Å². The minimum Gasteiger partial charge on any atom is -0.464 e. The van der Waals surface area contributed by atoms with Crippen LogP contribution in [0.4, 0.5) is 4.39 Å². The standard InChI is InChI=1S/C32H29ClFN3O5/c1-18-13-22-25(15-23(18)34)37(16-20-14-19-9-6-7-11-24(19)35-28(20)33)27(30(39)41-5)26(22)21-10-8-12-36(29(21)38)17-42-31(40)32(2,3)4/h6-15H,16-17H2,1-5H3. The highest BCUT2D eigenvalue weighted by atomic mass is 35.5. The topological polar surface area (TPSA) is 92.4 Å². The number of fused-ring (bicyclic) bond motifs is 2. The molecule has 0 saturated carbocycles. The number of carbonyl (C=O) groups excluding carboxylic acids is 2. The first kappa shape index (κ1) is 29.0. The predicted molar refractivity (Wildman–Crippen MR) is 159 cm³/mol. The van der Waals surface area contributed by atoms with Gasteiger partial charge in [0.25, 0.3) is 5.56 Å². The molecule has 10 heteroatoms. The number of hydrogen-bond acceptors (Lipinski definition) is 6. The van der Waals surface area contributed by atoms with Gasteiger partial charge in [0.2, 0.25) is 0 Å². The Morgan fingerprint density at radius 3 is 2.52 bits per heavy atom. The molecule has 0 aliphatic carbocycles. The predicted octanol–water partition coefficient (Wildman–Crippen LogP) is 6.50. The Bertz CT molecular complexity index is 1940. The van der Waals surface area contributed by atoms with E-state index in [1.165, 1.54) is 23.9 Å². The van der Waals surface area contributed by atoms with Crippen molar-refractivity contribution in [3.63, 3.8) is 0 Å². The lowest BCUT2D eigenvalue weighted by atomic mass is 9.98. The van der Waals surface area contributed by atoms with E-state index in [9.17, 15) is 14.4 Å². The highest BCUT2D eigenvalue weighted by Gasteiger charge is 2.28. The maximum atomic E-state index is 15.0. The molecule has 42 heavy (non-hydrogen) atoms. The van der Waals surface area contributed by atoms with Gasteiger partial charge in [-0.3, -0.25) is 14.2 Å². The zero-order valence-corrected chi connectivity index (χ0v) is 24.6. The number of halogens is 2. The van der Waals surface area contributed by atoms with Crippen LogP contribution < -0.4 is 5.56 Å². The number of esters is 2. The summed E-state index contributed by atoms with van der Waals surface area (Å²) < 4.78 is 28.4. The van der Waals surface area contributed by atoms with E-state index in [1.807, 2.05) is 30.3 Å². The number of carbonyl (C=O) groups is 2. The molecular weight excluding hydrogens is 561 g/mol. The van der Waals surface area contributed by atoms with Crippen LogP contribution in [0.25, 0.3) is 32.9 Å². The summed E-state index contributed by atoms with van der Waals surface area (Å²) in [5, 5.41) is 1.54. The zero-order chi connectivity index (χ0) is 30.3. The highest BCUT2D eigenvalue weighted by molar-refractivity contribution is 6.30. The summed E-state index contributed by atoms with van der Waals surface area (Å²) in [6.07, 6.45) is 1.49. The average Bonchev–Trinajstić information content (AvgIpc) is 3.24. The molecular formula is C32H29ClFN3O5. The number of para-hydroxylation sites is 1. The number of rotatable bonds is 6. The lowest BCUT2D eigenvalue weighted by Gasteiger charge is -2.17. The molecule has 8 nitrogen and oxygen atoms in total. The molecule has 5 rings (SSSR count). The van der Waals surface area contributed by atoms with Crippen molar-refractivity contribution in [2.45, 2.75) is 41.0 Å². The van der Waals surface area contributed by atoms with Gasteiger partial charge in [0.05, 0.1) is 35.7 Å². The van der Waals surface area contributed by atoms with E-state index in [2.05, 4.69) is 4.98 Å². The number of ether oxygens (including phenoxy) is 2. The Labute approximate surface area is 246 Å². The molecule has 0 spiro atoms. The lowest BCUT2D eigenvalue weighted by Crippen LogP contribution is -2.28. The Morgan fingerprint density at radius 2 is 1.81 bits per heavy atom. The van der Waals surface area contributed by atoms with Gasteiger partial charge in [-0.2, -0.15) is 0 Å². The van der Waals surface area contributed by atoms with E-state index < -0.39 is 28.7 Å². The maximum absolute atomic E-state index is 15.0. The summed E-state index contributed by atoms with van der Waals surface area (Å²) in [7, 11) is 1.24. The Kier molecular flexibility index (Phi) is 7.64. The molecule has 0 N–H and O–H groups in total. The van der Waals surface area contributed by atoms with E-state index in [-0.39, 0.29) is 35.2 Å². The minimum absolute atomic E-state index is 0.0447. The first-order chi connectivity index (χ1) is 19.9. The Hall–Kier alpha value is -4.50. The van der Waals surface area contributed by atoms with Crippen LogP contribution >= 0.6 is 11.6 Å². The van der Waals surface area contributed by atoms with E-state index in [0.717, 1.165) is 5.39 Å². The van der Waals surface area contributed by atoms with E-state index in [0.29, 0.717) is 27.5 Å². The Morgan fingerprint density at radius 1 is 1.07 bits per heavy atom. The lowest BCUT2D eigenvalue weighted by molar-refractivity contribution is -0.157. The molecule has 0 fully saturated rings. The normalized spacial score (nSPS) is 11.7. The monoisotopic (exact) mass is 589 g/mol. The van der Waals surface area contributed by atoms with Gasteiger partial charge in [-0.25, -0.2) is 14.2 Å². The van der Waals surface area contributed by atoms with Crippen molar-refractivity contribution < 1.29 is 23.5 Å². The van der Waals surface area contributed by atoms with Crippen molar-refractivity contribution in [2.24, 2.45) is 5.41 Å². The summed E-state index contributed by atoms with van der Waals surface area (Å²) >= 11 is 6.58.